The predicted molar refractivity (Wildman–Crippen MR) is 89.0 cm³/mol. The van der Waals surface area contributed by atoms with Crippen molar-refractivity contribution in [2.45, 2.75) is 6.10 Å². The zero-order valence-corrected chi connectivity index (χ0v) is 13.0. The Morgan fingerprint density at radius 3 is 2.55 bits per heavy atom. The monoisotopic (exact) mass is 296 g/mol. The van der Waals surface area contributed by atoms with Gasteiger partial charge in [0.25, 0.3) is 0 Å². The normalized spacial score (nSPS) is 17.6. The molecular weight excluding hydrogens is 276 g/mol. The number of hydrogen-bond donors (Lipinski definition) is 2. The van der Waals surface area contributed by atoms with Crippen molar-refractivity contribution >= 4 is 5.70 Å². The Morgan fingerprint density at radius 1 is 1.23 bits per heavy atom. The van der Waals surface area contributed by atoms with Gasteiger partial charge in [-0.2, -0.15) is 0 Å². The molecule has 0 bridgehead atoms. The Labute approximate surface area is 131 Å². The van der Waals surface area contributed by atoms with Crippen LogP contribution in [0.1, 0.15) is 5.56 Å². The van der Waals surface area contributed by atoms with Gasteiger partial charge < -0.3 is 20.5 Å². The molecule has 1 aliphatic carbocycles. The van der Waals surface area contributed by atoms with Crippen molar-refractivity contribution in [1.29, 1.82) is 0 Å². The smallest absolute Gasteiger partial charge is 0.136 e. The van der Waals surface area contributed by atoms with Gasteiger partial charge in [-0.25, -0.2) is 0 Å². The lowest BCUT2D eigenvalue weighted by molar-refractivity contribution is 0.185. The molecule has 3 N–H and O–H groups in total. The number of hydrogen-bond acceptors (Lipinski definition) is 4. The fourth-order valence-corrected chi connectivity index (χ4v) is 2.11. The van der Waals surface area contributed by atoms with Gasteiger partial charge in [0.2, 0.25) is 0 Å². The average Bonchev–Trinajstić information content (AvgIpc) is 2.81. The van der Waals surface area contributed by atoms with Crippen LogP contribution in [0.2, 0.25) is 0 Å². The van der Waals surface area contributed by atoms with Gasteiger partial charge in [0, 0.05) is 19.7 Å². The van der Waals surface area contributed by atoms with E-state index in [1.165, 1.54) is 0 Å². The van der Waals surface area contributed by atoms with Crippen LogP contribution < -0.4 is 15.8 Å². The number of nitrogens with two attached hydrogens (primary N) is 1. The quantitative estimate of drug-likeness (QED) is 0.817. The van der Waals surface area contributed by atoms with E-state index in [0.717, 1.165) is 22.6 Å². The largest absolute Gasteiger partial charge is 0.497 e. The number of nitrogens with one attached hydrogen (secondary N) is 1. The Balaban J connectivity index is 2.38. The highest BCUT2D eigenvalue weighted by atomic mass is 16.5. The maximum Gasteiger partial charge on any atom is 0.136 e. The van der Waals surface area contributed by atoms with Crippen LogP contribution in [0.3, 0.4) is 0 Å². The number of allylic oxidation sites excluding steroid dienone is 3. The van der Waals surface area contributed by atoms with E-state index in [2.05, 4.69) is 17.2 Å². The van der Waals surface area contributed by atoms with Crippen molar-refractivity contribution in [2.24, 2.45) is 5.73 Å². The summed E-state index contributed by atoms with van der Waals surface area (Å²) in [6.07, 6.45) is 5.47. The predicted octanol–water partition coefficient (Wildman–Crippen LogP) is 2.06. The standard InChI is InChI=1S/C18H20N2O2/c1-20-18(14-8-11-16(22-3)12-9-14)17(19)13-5-4-6-15(21-2)10-7-13/h4-6,8-9,11-12,15,20H,19H2,1-3H3/b18-17-. The second-order valence-corrected chi connectivity index (χ2v) is 4.66. The van der Waals surface area contributed by atoms with Gasteiger partial charge >= 0.3 is 0 Å². The first-order valence-corrected chi connectivity index (χ1v) is 6.94. The van der Waals surface area contributed by atoms with E-state index in [-0.39, 0.29) is 6.10 Å². The molecule has 1 atom stereocenters. The van der Waals surface area contributed by atoms with Crippen LogP contribution in [0.15, 0.2) is 53.8 Å². The molecule has 22 heavy (non-hydrogen) atoms. The summed E-state index contributed by atoms with van der Waals surface area (Å²) >= 11 is 0. The Kier molecular flexibility index (Phi) is 5.29. The minimum atomic E-state index is -0.208. The summed E-state index contributed by atoms with van der Waals surface area (Å²) in [6, 6.07) is 7.70. The zero-order chi connectivity index (χ0) is 15.9. The van der Waals surface area contributed by atoms with Crippen LogP contribution in [-0.2, 0) is 4.74 Å². The van der Waals surface area contributed by atoms with Crippen molar-refractivity contribution in [3.8, 4) is 17.6 Å². The SMILES string of the molecule is CN/C(=C(\N)C1=CC=CC(OC)C#C1)c1ccc(OC)cc1. The van der Waals surface area contributed by atoms with E-state index < -0.39 is 0 Å². The summed E-state index contributed by atoms with van der Waals surface area (Å²) in [5.41, 5.74) is 9.46. The summed E-state index contributed by atoms with van der Waals surface area (Å²) in [5.74, 6) is 6.89. The highest BCUT2D eigenvalue weighted by Gasteiger charge is 2.10. The van der Waals surface area contributed by atoms with Crippen LogP contribution in [0.25, 0.3) is 5.70 Å². The molecule has 1 aliphatic rings. The first-order valence-electron chi connectivity index (χ1n) is 6.94. The molecule has 0 saturated carbocycles. The number of ether oxygens (including phenoxy) is 2. The summed E-state index contributed by atoms with van der Waals surface area (Å²) in [5, 5.41) is 3.15. The van der Waals surface area contributed by atoms with E-state index in [4.69, 9.17) is 15.2 Å². The lowest BCUT2D eigenvalue weighted by atomic mass is 10.1. The van der Waals surface area contributed by atoms with Crippen LogP contribution in [0.5, 0.6) is 5.75 Å². The molecule has 0 radical (unpaired) electrons. The van der Waals surface area contributed by atoms with E-state index in [1.54, 1.807) is 14.2 Å². The molecular formula is C18H20N2O2. The Morgan fingerprint density at radius 2 is 1.95 bits per heavy atom. The maximum absolute atomic E-state index is 6.30. The molecule has 114 valence electrons. The first-order chi connectivity index (χ1) is 10.7. The molecule has 0 heterocycles. The summed E-state index contributed by atoms with van der Waals surface area (Å²) in [4.78, 5) is 0. The van der Waals surface area contributed by atoms with Crippen molar-refractivity contribution < 1.29 is 9.47 Å². The number of benzene rings is 1. The number of methoxy groups -OCH3 is 2. The molecule has 0 spiro atoms. The second kappa shape index (κ2) is 7.39. The second-order valence-electron chi connectivity index (χ2n) is 4.66. The lowest BCUT2D eigenvalue weighted by Crippen LogP contribution is -2.14. The van der Waals surface area contributed by atoms with Gasteiger partial charge in [0.15, 0.2) is 0 Å². The van der Waals surface area contributed by atoms with Gasteiger partial charge in [-0.15, -0.1) is 0 Å². The summed E-state index contributed by atoms with van der Waals surface area (Å²) < 4.78 is 10.4. The van der Waals surface area contributed by atoms with Gasteiger partial charge in [-0.05, 0) is 42.0 Å². The lowest BCUT2D eigenvalue weighted by Gasteiger charge is -2.12. The van der Waals surface area contributed by atoms with E-state index in [1.807, 2.05) is 49.5 Å². The third-order valence-corrected chi connectivity index (χ3v) is 3.34. The van der Waals surface area contributed by atoms with Crippen LogP contribution in [0, 0.1) is 11.8 Å². The Hall–Kier alpha value is -2.64. The van der Waals surface area contributed by atoms with E-state index >= 15 is 0 Å². The molecule has 1 aromatic rings. The van der Waals surface area contributed by atoms with Crippen molar-refractivity contribution in [1.82, 2.24) is 5.32 Å². The first kappa shape index (κ1) is 15.7. The number of rotatable bonds is 5. The van der Waals surface area contributed by atoms with Gasteiger partial charge in [0.1, 0.15) is 11.9 Å². The molecule has 0 saturated heterocycles. The molecule has 1 unspecified atom stereocenters. The van der Waals surface area contributed by atoms with E-state index in [0.29, 0.717) is 5.70 Å². The molecule has 1 aromatic carbocycles. The van der Waals surface area contributed by atoms with Crippen molar-refractivity contribution in [3.63, 3.8) is 0 Å². The van der Waals surface area contributed by atoms with Crippen LogP contribution >= 0.6 is 0 Å². The van der Waals surface area contributed by atoms with Crippen molar-refractivity contribution in [2.75, 3.05) is 21.3 Å². The van der Waals surface area contributed by atoms with E-state index in [9.17, 15) is 0 Å². The minimum Gasteiger partial charge on any atom is -0.497 e. The molecule has 0 aromatic heterocycles. The fraction of sp³-hybridized carbons (Fsp3) is 0.222. The molecule has 0 aliphatic heterocycles. The third kappa shape index (κ3) is 3.51. The van der Waals surface area contributed by atoms with Gasteiger partial charge in [-0.1, -0.05) is 17.9 Å². The minimum absolute atomic E-state index is 0.208. The third-order valence-electron chi connectivity index (χ3n) is 3.34. The van der Waals surface area contributed by atoms with Crippen molar-refractivity contribution in [3.05, 3.63) is 59.3 Å². The van der Waals surface area contributed by atoms with Crippen LogP contribution in [-0.4, -0.2) is 27.4 Å². The summed E-state index contributed by atoms with van der Waals surface area (Å²) in [7, 11) is 5.11. The summed E-state index contributed by atoms with van der Waals surface area (Å²) in [6.45, 7) is 0. The van der Waals surface area contributed by atoms with Gasteiger partial charge in [0.05, 0.1) is 18.5 Å². The molecule has 0 amide bonds. The zero-order valence-electron chi connectivity index (χ0n) is 13.0. The highest BCUT2D eigenvalue weighted by molar-refractivity contribution is 5.73. The molecule has 4 nitrogen and oxygen atoms in total. The average molecular weight is 296 g/mol. The van der Waals surface area contributed by atoms with Gasteiger partial charge in [-0.3, -0.25) is 0 Å². The molecule has 2 rings (SSSR count). The molecule has 4 heteroatoms. The molecule has 0 fully saturated rings. The Bertz CT molecular complexity index is 673. The topological polar surface area (TPSA) is 56.5 Å². The van der Waals surface area contributed by atoms with Crippen LogP contribution in [0.4, 0.5) is 0 Å². The highest BCUT2D eigenvalue weighted by Crippen LogP contribution is 2.21. The maximum atomic E-state index is 6.30. The fourth-order valence-electron chi connectivity index (χ4n) is 2.11.